The van der Waals surface area contributed by atoms with Crippen molar-refractivity contribution in [2.45, 2.75) is 31.7 Å². The molecule has 2 N–H and O–H groups in total. The minimum atomic E-state index is -0.542. The summed E-state index contributed by atoms with van der Waals surface area (Å²) in [5, 5.41) is 11.8. The molecular weight excluding hydrogens is 301 g/mol. The average molecular weight is 321 g/mol. The Hall–Kier alpha value is -1.99. The number of fused-ring (bicyclic) bond motifs is 1. The molecule has 0 aliphatic carbocycles. The van der Waals surface area contributed by atoms with Crippen molar-refractivity contribution in [2.75, 3.05) is 19.8 Å². The number of aromatic nitrogens is 2. The van der Waals surface area contributed by atoms with Gasteiger partial charge in [-0.05, 0) is 18.9 Å². The number of rotatable bonds is 5. The number of hydrogen-bond acceptors (Lipinski definition) is 4. The van der Waals surface area contributed by atoms with Gasteiger partial charge in [0, 0.05) is 24.9 Å². The molecule has 2 aromatic rings. The molecule has 1 aliphatic rings. The van der Waals surface area contributed by atoms with Crippen molar-refractivity contribution in [3.63, 3.8) is 0 Å². The van der Waals surface area contributed by atoms with Crippen molar-refractivity contribution in [3.05, 3.63) is 35.5 Å². The third kappa shape index (κ3) is 3.20. The highest BCUT2D eigenvalue weighted by Crippen LogP contribution is 2.25. The van der Waals surface area contributed by atoms with Crippen LogP contribution < -0.4 is 5.32 Å². The van der Waals surface area contributed by atoms with E-state index in [1.807, 2.05) is 6.92 Å². The molecular formula is C16H20FN3O3. The lowest BCUT2D eigenvalue weighted by atomic mass is 10.1. The van der Waals surface area contributed by atoms with Crippen LogP contribution in [-0.2, 0) is 4.74 Å². The molecule has 1 fully saturated rings. The number of amides is 1. The molecule has 1 unspecified atom stereocenters. The largest absolute Gasteiger partial charge is 0.394 e. The van der Waals surface area contributed by atoms with Gasteiger partial charge < -0.3 is 19.6 Å². The molecule has 1 aliphatic heterocycles. The van der Waals surface area contributed by atoms with Crippen LogP contribution in [0, 0.1) is 5.82 Å². The summed E-state index contributed by atoms with van der Waals surface area (Å²) in [7, 11) is 0. The first-order valence-electron chi connectivity index (χ1n) is 7.80. The third-order valence-electron chi connectivity index (χ3n) is 4.18. The molecule has 1 saturated heterocycles. The van der Waals surface area contributed by atoms with E-state index in [9.17, 15) is 9.18 Å². The molecule has 3 heterocycles. The highest BCUT2D eigenvalue weighted by Gasteiger charge is 2.22. The van der Waals surface area contributed by atoms with Crippen LogP contribution in [0.4, 0.5) is 4.39 Å². The Bertz CT molecular complexity index is 706. The maximum absolute atomic E-state index is 14.3. The lowest BCUT2D eigenvalue weighted by molar-refractivity contribution is 0.0914. The topological polar surface area (TPSA) is 75.9 Å². The van der Waals surface area contributed by atoms with Crippen molar-refractivity contribution >= 4 is 11.6 Å². The summed E-state index contributed by atoms with van der Waals surface area (Å²) in [5.74, 6) is -0.781. The van der Waals surface area contributed by atoms with Crippen LogP contribution in [0.15, 0.2) is 18.5 Å². The predicted octanol–water partition coefficient (Wildman–Crippen LogP) is 1.48. The second-order valence-electron chi connectivity index (χ2n) is 5.80. The number of pyridine rings is 1. The Morgan fingerprint density at radius 3 is 3.09 bits per heavy atom. The molecule has 1 amide bonds. The number of ether oxygens (including phenoxy) is 1. The van der Waals surface area contributed by atoms with E-state index in [4.69, 9.17) is 9.84 Å². The molecule has 6 nitrogen and oxygen atoms in total. The summed E-state index contributed by atoms with van der Waals surface area (Å²) in [6.45, 7) is 2.99. The molecule has 0 saturated carbocycles. The first kappa shape index (κ1) is 15.9. The van der Waals surface area contributed by atoms with Crippen molar-refractivity contribution in [1.82, 2.24) is 14.7 Å². The van der Waals surface area contributed by atoms with Gasteiger partial charge in [0.2, 0.25) is 0 Å². The number of nitrogens with one attached hydrogen (secondary N) is 1. The van der Waals surface area contributed by atoms with Crippen LogP contribution in [0.3, 0.4) is 0 Å². The summed E-state index contributed by atoms with van der Waals surface area (Å²) >= 11 is 0. The fourth-order valence-electron chi connectivity index (χ4n) is 2.71. The van der Waals surface area contributed by atoms with Gasteiger partial charge in [-0.3, -0.25) is 4.79 Å². The predicted molar refractivity (Wildman–Crippen MR) is 82.0 cm³/mol. The molecule has 23 heavy (non-hydrogen) atoms. The smallest absolute Gasteiger partial charge is 0.253 e. The van der Waals surface area contributed by atoms with Crippen LogP contribution >= 0.6 is 0 Å². The number of aliphatic hydroxyl groups is 1. The second kappa shape index (κ2) is 6.64. The Labute approximate surface area is 133 Å². The van der Waals surface area contributed by atoms with Crippen molar-refractivity contribution in [3.8, 4) is 0 Å². The molecule has 124 valence electrons. The summed E-state index contributed by atoms with van der Waals surface area (Å²) < 4.78 is 21.1. The monoisotopic (exact) mass is 321 g/mol. The molecule has 0 aromatic carbocycles. The zero-order valence-corrected chi connectivity index (χ0v) is 13.0. The van der Waals surface area contributed by atoms with E-state index in [1.165, 1.54) is 10.5 Å². The van der Waals surface area contributed by atoms with Crippen molar-refractivity contribution in [1.29, 1.82) is 0 Å². The second-order valence-corrected chi connectivity index (χ2v) is 5.80. The molecule has 0 spiro atoms. The number of carbonyl (C=O) groups excluding carboxylic acids is 1. The van der Waals surface area contributed by atoms with Gasteiger partial charge in [0.15, 0.2) is 11.5 Å². The molecule has 0 radical (unpaired) electrons. The number of carbonyl (C=O) groups is 1. The zero-order chi connectivity index (χ0) is 16.4. The zero-order valence-electron chi connectivity index (χ0n) is 13.0. The fraction of sp³-hybridized carbons (Fsp3) is 0.500. The lowest BCUT2D eigenvalue weighted by Crippen LogP contribution is -2.37. The maximum atomic E-state index is 14.3. The van der Waals surface area contributed by atoms with Gasteiger partial charge in [-0.15, -0.1) is 0 Å². The molecule has 2 aromatic heterocycles. The van der Waals surface area contributed by atoms with Crippen molar-refractivity contribution < 1.29 is 19.0 Å². The number of aliphatic hydroxyl groups excluding tert-OH is 1. The average Bonchev–Trinajstić information content (AvgIpc) is 3.20. The van der Waals surface area contributed by atoms with E-state index >= 15 is 0 Å². The quantitative estimate of drug-likeness (QED) is 0.874. The minimum Gasteiger partial charge on any atom is -0.394 e. The van der Waals surface area contributed by atoms with E-state index in [2.05, 4.69) is 10.3 Å². The Morgan fingerprint density at radius 1 is 1.61 bits per heavy atom. The van der Waals surface area contributed by atoms with Gasteiger partial charge in [0.05, 0.1) is 30.5 Å². The summed E-state index contributed by atoms with van der Waals surface area (Å²) in [6.07, 6.45) is 4.78. The SMILES string of the molecule is CC[C@H](CO)NC(=O)c1cc(F)c2nc(C3CCOC3)cn2c1. The van der Waals surface area contributed by atoms with E-state index in [1.54, 1.807) is 12.4 Å². The first-order valence-corrected chi connectivity index (χ1v) is 7.80. The number of halogens is 1. The van der Waals surface area contributed by atoms with Crippen LogP contribution in [0.2, 0.25) is 0 Å². The van der Waals surface area contributed by atoms with E-state index in [0.717, 1.165) is 12.1 Å². The summed E-state index contributed by atoms with van der Waals surface area (Å²) in [6, 6.07) is 0.840. The number of imidazole rings is 1. The molecule has 3 rings (SSSR count). The van der Waals surface area contributed by atoms with Crippen LogP contribution in [0.5, 0.6) is 0 Å². The van der Waals surface area contributed by atoms with Crippen molar-refractivity contribution in [2.24, 2.45) is 0 Å². The van der Waals surface area contributed by atoms with E-state index in [-0.39, 0.29) is 29.8 Å². The standard InChI is InChI=1S/C16H20FN3O3/c1-2-12(8-21)18-16(22)11-5-13(17)15-19-14(7-20(15)6-11)10-3-4-23-9-10/h5-7,10,12,21H,2-4,8-9H2,1H3,(H,18,22)/t10?,12-/m1/s1. The summed E-state index contributed by atoms with van der Waals surface area (Å²) in [5.41, 5.74) is 1.19. The minimum absolute atomic E-state index is 0.149. The first-order chi connectivity index (χ1) is 11.1. The fourth-order valence-corrected chi connectivity index (χ4v) is 2.71. The van der Waals surface area contributed by atoms with Gasteiger partial charge in [-0.25, -0.2) is 9.37 Å². The maximum Gasteiger partial charge on any atom is 0.253 e. The Balaban J connectivity index is 1.89. The highest BCUT2D eigenvalue weighted by molar-refractivity contribution is 5.94. The Morgan fingerprint density at radius 2 is 2.43 bits per heavy atom. The molecule has 2 atom stereocenters. The summed E-state index contributed by atoms with van der Waals surface area (Å²) in [4.78, 5) is 16.5. The number of nitrogens with zero attached hydrogens (tertiary/aromatic N) is 2. The third-order valence-corrected chi connectivity index (χ3v) is 4.18. The van der Waals surface area contributed by atoms with E-state index < -0.39 is 11.7 Å². The highest BCUT2D eigenvalue weighted by atomic mass is 19.1. The lowest BCUT2D eigenvalue weighted by Gasteiger charge is -2.14. The van der Waals surface area contributed by atoms with Gasteiger partial charge >= 0.3 is 0 Å². The number of hydrogen-bond donors (Lipinski definition) is 2. The van der Waals surface area contributed by atoms with Crippen LogP contribution in [0.25, 0.3) is 5.65 Å². The van der Waals surface area contributed by atoms with Gasteiger partial charge in [-0.2, -0.15) is 0 Å². The molecule has 7 heteroatoms. The van der Waals surface area contributed by atoms with Crippen LogP contribution in [0.1, 0.15) is 41.7 Å². The molecule has 0 bridgehead atoms. The van der Waals surface area contributed by atoms with E-state index in [0.29, 0.717) is 19.6 Å². The Kier molecular flexibility index (Phi) is 4.58. The normalized spacial score (nSPS) is 19.2. The van der Waals surface area contributed by atoms with Gasteiger partial charge in [-0.1, -0.05) is 6.92 Å². The van der Waals surface area contributed by atoms with Gasteiger partial charge in [0.1, 0.15) is 0 Å². The van der Waals surface area contributed by atoms with Gasteiger partial charge in [0.25, 0.3) is 5.91 Å². The van der Waals surface area contributed by atoms with Crippen LogP contribution in [-0.4, -0.2) is 46.3 Å².